The van der Waals surface area contributed by atoms with Gasteiger partial charge in [0.05, 0.1) is 22.1 Å². The Balaban J connectivity index is 1.68. The van der Waals surface area contributed by atoms with Crippen molar-refractivity contribution in [3.8, 4) is 0 Å². The number of anilines is 1. The van der Waals surface area contributed by atoms with E-state index in [4.69, 9.17) is 20.8 Å². The monoisotopic (exact) mass is 448 g/mol. The van der Waals surface area contributed by atoms with Gasteiger partial charge in [-0.25, -0.2) is 4.79 Å². The molecule has 1 N–H and O–H groups in total. The van der Waals surface area contributed by atoms with Crippen molar-refractivity contribution in [2.24, 2.45) is 0 Å². The molecule has 10 heteroatoms. The molecular formula is C20H17ClN2O6S. The van der Waals surface area contributed by atoms with Crippen molar-refractivity contribution in [2.45, 2.75) is 13.8 Å². The van der Waals surface area contributed by atoms with E-state index in [-0.39, 0.29) is 27.8 Å². The van der Waals surface area contributed by atoms with Gasteiger partial charge in [0.15, 0.2) is 0 Å². The van der Waals surface area contributed by atoms with Crippen molar-refractivity contribution in [3.63, 3.8) is 0 Å². The minimum atomic E-state index is -0.622. The Bertz CT molecular complexity index is 1060. The van der Waals surface area contributed by atoms with E-state index < -0.39 is 29.6 Å². The number of halogens is 1. The second-order valence-electron chi connectivity index (χ2n) is 6.18. The molecule has 1 aromatic heterocycles. The molecule has 8 nitrogen and oxygen atoms in total. The highest BCUT2D eigenvalue weighted by molar-refractivity contribution is 8.18. The highest BCUT2D eigenvalue weighted by atomic mass is 35.5. The molecule has 0 aliphatic carbocycles. The van der Waals surface area contributed by atoms with Crippen molar-refractivity contribution in [1.29, 1.82) is 0 Å². The maximum atomic E-state index is 12.5. The summed E-state index contributed by atoms with van der Waals surface area (Å²) in [7, 11) is 0. The van der Waals surface area contributed by atoms with Crippen LogP contribution in [0.5, 0.6) is 0 Å². The molecule has 0 radical (unpaired) electrons. The summed E-state index contributed by atoms with van der Waals surface area (Å²) in [5.41, 5.74) is 0.375. The van der Waals surface area contributed by atoms with Crippen LogP contribution in [0.15, 0.2) is 39.7 Å². The van der Waals surface area contributed by atoms with E-state index in [1.807, 2.05) is 0 Å². The molecule has 30 heavy (non-hydrogen) atoms. The van der Waals surface area contributed by atoms with Gasteiger partial charge in [-0.1, -0.05) is 11.6 Å². The van der Waals surface area contributed by atoms with E-state index in [0.717, 1.165) is 16.7 Å². The van der Waals surface area contributed by atoms with Crippen LogP contribution in [0.1, 0.15) is 28.8 Å². The molecule has 3 rings (SSSR count). The van der Waals surface area contributed by atoms with Gasteiger partial charge in [0.25, 0.3) is 11.1 Å². The maximum absolute atomic E-state index is 12.5. The van der Waals surface area contributed by atoms with Crippen LogP contribution in [0.2, 0.25) is 5.02 Å². The Morgan fingerprint density at radius 2 is 2.03 bits per heavy atom. The summed E-state index contributed by atoms with van der Waals surface area (Å²) in [5, 5.41) is 2.16. The highest BCUT2D eigenvalue weighted by Gasteiger charge is 2.36. The van der Waals surface area contributed by atoms with Gasteiger partial charge < -0.3 is 14.5 Å². The zero-order valence-corrected chi connectivity index (χ0v) is 17.6. The minimum Gasteiger partial charge on any atom is -0.462 e. The Morgan fingerprint density at radius 3 is 2.70 bits per heavy atom. The molecule has 1 saturated heterocycles. The third-order valence-corrected chi connectivity index (χ3v) is 5.19. The number of carbonyl (C=O) groups excluding carboxylic acids is 4. The number of aryl methyl sites for hydroxylation is 1. The summed E-state index contributed by atoms with van der Waals surface area (Å²) in [6.07, 6.45) is 1.46. The van der Waals surface area contributed by atoms with Crippen LogP contribution < -0.4 is 5.32 Å². The third-order valence-electron chi connectivity index (χ3n) is 3.96. The fourth-order valence-electron chi connectivity index (χ4n) is 2.61. The first-order valence-electron chi connectivity index (χ1n) is 8.86. The van der Waals surface area contributed by atoms with Crippen molar-refractivity contribution < 1.29 is 28.3 Å². The lowest BCUT2D eigenvalue weighted by molar-refractivity contribution is -0.127. The summed E-state index contributed by atoms with van der Waals surface area (Å²) < 4.78 is 10.3. The van der Waals surface area contributed by atoms with Gasteiger partial charge in [-0.15, -0.1) is 0 Å². The number of rotatable bonds is 6. The summed E-state index contributed by atoms with van der Waals surface area (Å²) in [5.74, 6) is -0.704. The normalized spacial score (nSPS) is 15.0. The first-order valence-corrected chi connectivity index (χ1v) is 10.1. The quantitative estimate of drug-likeness (QED) is 0.523. The lowest BCUT2D eigenvalue weighted by Crippen LogP contribution is -2.36. The van der Waals surface area contributed by atoms with Gasteiger partial charge in [0.1, 0.15) is 18.1 Å². The van der Waals surface area contributed by atoms with Gasteiger partial charge in [-0.2, -0.15) is 0 Å². The standard InChI is InChI=1S/C20H17ClN2O6S/c1-3-28-19(26)14-8-12(5-7-15(14)21)22-17(24)10-23-18(25)16(30-20(23)27)9-13-6-4-11(2)29-13/h4-9H,3,10H2,1-2H3,(H,22,24). The summed E-state index contributed by atoms with van der Waals surface area (Å²) in [4.78, 5) is 50.0. The number of imide groups is 1. The number of carbonyl (C=O) groups is 4. The first-order chi connectivity index (χ1) is 14.3. The Kier molecular flexibility index (Phi) is 6.63. The molecule has 1 aromatic carbocycles. The van der Waals surface area contributed by atoms with E-state index in [2.05, 4.69) is 5.32 Å². The summed E-state index contributed by atoms with van der Waals surface area (Å²) in [6.45, 7) is 3.12. The van der Waals surface area contributed by atoms with Gasteiger partial charge >= 0.3 is 5.97 Å². The number of furan rings is 1. The fraction of sp³-hybridized carbons (Fsp3) is 0.200. The van der Waals surface area contributed by atoms with Crippen LogP contribution in [0.25, 0.3) is 6.08 Å². The van der Waals surface area contributed by atoms with Crippen molar-refractivity contribution in [2.75, 3.05) is 18.5 Å². The number of hydrogen-bond donors (Lipinski definition) is 1. The summed E-state index contributed by atoms with van der Waals surface area (Å²) in [6, 6.07) is 7.72. The number of esters is 1. The van der Waals surface area contributed by atoms with E-state index in [1.54, 1.807) is 26.0 Å². The average Bonchev–Trinajstić information content (AvgIpc) is 3.21. The van der Waals surface area contributed by atoms with Gasteiger partial charge in [-0.3, -0.25) is 19.3 Å². The first kappa shape index (κ1) is 21.7. The van der Waals surface area contributed by atoms with E-state index >= 15 is 0 Å². The van der Waals surface area contributed by atoms with Gasteiger partial charge in [0, 0.05) is 11.8 Å². The lowest BCUT2D eigenvalue weighted by atomic mass is 10.2. The number of ether oxygens (including phenoxy) is 1. The third kappa shape index (κ3) is 4.92. The van der Waals surface area contributed by atoms with Crippen molar-refractivity contribution in [1.82, 2.24) is 4.90 Å². The Labute approximate surface area is 181 Å². The minimum absolute atomic E-state index is 0.0964. The molecular weight excluding hydrogens is 432 g/mol. The molecule has 0 bridgehead atoms. The second-order valence-corrected chi connectivity index (χ2v) is 7.58. The maximum Gasteiger partial charge on any atom is 0.339 e. The van der Waals surface area contributed by atoms with Gasteiger partial charge in [0.2, 0.25) is 5.91 Å². The number of amides is 3. The molecule has 0 saturated carbocycles. The zero-order valence-electron chi connectivity index (χ0n) is 16.1. The molecule has 3 amide bonds. The number of benzene rings is 1. The van der Waals surface area contributed by atoms with Crippen LogP contribution in [0.4, 0.5) is 10.5 Å². The largest absolute Gasteiger partial charge is 0.462 e. The highest BCUT2D eigenvalue weighted by Crippen LogP contribution is 2.32. The molecule has 0 atom stereocenters. The van der Waals surface area contributed by atoms with Crippen molar-refractivity contribution in [3.05, 3.63) is 57.3 Å². The van der Waals surface area contributed by atoms with Crippen LogP contribution >= 0.6 is 23.4 Å². The molecule has 0 unspecified atom stereocenters. The molecule has 1 aliphatic rings. The van der Waals surface area contributed by atoms with Gasteiger partial charge in [-0.05, 0) is 55.9 Å². The van der Waals surface area contributed by atoms with Crippen LogP contribution in [0.3, 0.4) is 0 Å². The smallest absolute Gasteiger partial charge is 0.339 e. The molecule has 156 valence electrons. The predicted octanol–water partition coefficient (Wildman–Crippen LogP) is 4.09. The zero-order chi connectivity index (χ0) is 21.8. The lowest BCUT2D eigenvalue weighted by Gasteiger charge is -2.13. The van der Waals surface area contributed by atoms with Crippen LogP contribution in [0, 0.1) is 6.92 Å². The van der Waals surface area contributed by atoms with E-state index in [1.165, 1.54) is 24.3 Å². The second kappa shape index (κ2) is 9.19. The molecule has 2 aromatic rings. The molecule has 1 fully saturated rings. The molecule has 2 heterocycles. The van der Waals surface area contributed by atoms with E-state index in [0.29, 0.717) is 11.5 Å². The number of nitrogens with zero attached hydrogens (tertiary/aromatic N) is 1. The Hall–Kier alpha value is -3.04. The fourth-order valence-corrected chi connectivity index (χ4v) is 3.62. The Morgan fingerprint density at radius 1 is 1.27 bits per heavy atom. The number of nitrogens with one attached hydrogen (secondary N) is 1. The molecule has 1 aliphatic heterocycles. The van der Waals surface area contributed by atoms with Crippen LogP contribution in [-0.2, 0) is 14.3 Å². The van der Waals surface area contributed by atoms with Crippen LogP contribution in [-0.4, -0.2) is 41.1 Å². The average molecular weight is 449 g/mol. The predicted molar refractivity (Wildman–Crippen MR) is 112 cm³/mol. The molecule has 0 spiro atoms. The van der Waals surface area contributed by atoms with E-state index in [9.17, 15) is 19.2 Å². The topological polar surface area (TPSA) is 106 Å². The number of hydrogen-bond acceptors (Lipinski definition) is 7. The summed E-state index contributed by atoms with van der Waals surface area (Å²) >= 11 is 6.72. The van der Waals surface area contributed by atoms with Crippen molar-refractivity contribution >= 4 is 58.1 Å². The number of thioether (sulfide) groups is 1. The SMILES string of the molecule is CCOC(=O)c1cc(NC(=O)CN2C(=O)SC(=Cc3ccc(C)o3)C2=O)ccc1Cl.